The highest BCUT2D eigenvalue weighted by Crippen LogP contribution is 2.28. The fourth-order valence-corrected chi connectivity index (χ4v) is 4.25. The van der Waals surface area contributed by atoms with Crippen LogP contribution < -0.4 is 4.90 Å². The quantitative estimate of drug-likeness (QED) is 0.546. The Morgan fingerprint density at radius 2 is 1.68 bits per heavy atom. The molecule has 0 saturated carbocycles. The average Bonchev–Trinajstić information content (AvgIpc) is 3.34. The summed E-state index contributed by atoms with van der Waals surface area (Å²) in [6.07, 6.45) is 1.89. The number of likely N-dealkylation sites (tertiary alicyclic amines) is 1. The molecule has 0 atom stereocenters. The van der Waals surface area contributed by atoms with Crippen molar-refractivity contribution < 1.29 is 9.72 Å². The van der Waals surface area contributed by atoms with E-state index in [0.29, 0.717) is 18.7 Å². The maximum atomic E-state index is 12.9. The van der Waals surface area contributed by atoms with Gasteiger partial charge in [0, 0.05) is 57.6 Å². The predicted octanol–water partition coefficient (Wildman–Crippen LogP) is 3.02. The summed E-state index contributed by atoms with van der Waals surface area (Å²) in [6.45, 7) is 5.41. The minimum atomic E-state index is -0.470. The van der Waals surface area contributed by atoms with Crippen molar-refractivity contribution in [3.8, 4) is 6.07 Å². The molecule has 2 aliphatic rings. The molecule has 31 heavy (non-hydrogen) atoms. The topological polar surface area (TPSA) is 93.7 Å². The van der Waals surface area contributed by atoms with Crippen LogP contribution in [0.15, 0.2) is 42.5 Å². The van der Waals surface area contributed by atoms with Crippen molar-refractivity contribution in [2.75, 3.05) is 44.2 Å². The number of rotatable bonds is 5. The number of anilines is 1. The molecule has 0 spiro atoms. The van der Waals surface area contributed by atoms with Gasteiger partial charge in [0.1, 0.15) is 5.56 Å². The summed E-state index contributed by atoms with van der Waals surface area (Å²) < 4.78 is 0. The number of hydrogen-bond donors (Lipinski definition) is 0. The molecule has 2 heterocycles. The zero-order chi connectivity index (χ0) is 21.8. The SMILES string of the molecule is N#Cc1ccc(CN2CCN(c3ccc([N+](=O)[O-])c(C(=O)N4CCCC4)c3)CC2)cc1. The molecule has 8 nitrogen and oxygen atoms in total. The van der Waals surface area contributed by atoms with Crippen LogP contribution in [0.4, 0.5) is 11.4 Å². The number of carbonyl (C=O) groups is 1. The number of nitrogens with zero attached hydrogens (tertiary/aromatic N) is 5. The molecule has 0 aliphatic carbocycles. The van der Waals surface area contributed by atoms with Crippen molar-refractivity contribution in [3.05, 3.63) is 69.3 Å². The van der Waals surface area contributed by atoms with Crippen LogP contribution in [0, 0.1) is 21.4 Å². The molecule has 1 amide bonds. The summed E-state index contributed by atoms with van der Waals surface area (Å²) in [5.41, 5.74) is 2.74. The molecule has 0 aromatic heterocycles. The molecule has 0 N–H and O–H groups in total. The third-order valence-electron chi connectivity index (χ3n) is 6.03. The van der Waals surface area contributed by atoms with E-state index < -0.39 is 4.92 Å². The standard InChI is InChI=1S/C23H25N5O3/c24-16-18-3-5-19(6-4-18)17-25-11-13-26(14-12-25)20-7-8-22(28(30)31)21(15-20)23(29)27-9-1-2-10-27/h3-8,15H,1-2,9-14,17H2. The van der Waals surface area contributed by atoms with Gasteiger partial charge in [-0.15, -0.1) is 0 Å². The fraction of sp³-hybridized carbons (Fsp3) is 0.391. The Bertz CT molecular complexity index is 1000. The van der Waals surface area contributed by atoms with E-state index in [1.165, 1.54) is 11.6 Å². The Morgan fingerprint density at radius 3 is 2.29 bits per heavy atom. The van der Waals surface area contributed by atoms with Crippen molar-refractivity contribution in [2.45, 2.75) is 19.4 Å². The van der Waals surface area contributed by atoms with Gasteiger partial charge >= 0.3 is 0 Å². The molecule has 4 rings (SSSR count). The third kappa shape index (κ3) is 4.67. The molecule has 8 heteroatoms. The van der Waals surface area contributed by atoms with Gasteiger partial charge in [-0.05, 0) is 42.7 Å². The molecule has 0 unspecified atom stereocenters. The van der Waals surface area contributed by atoms with Gasteiger partial charge in [0.05, 0.1) is 16.6 Å². The molecule has 160 valence electrons. The Kier molecular flexibility index (Phi) is 6.14. The molecule has 2 aromatic rings. The lowest BCUT2D eigenvalue weighted by molar-refractivity contribution is -0.385. The van der Waals surface area contributed by atoms with E-state index in [1.807, 2.05) is 24.3 Å². The van der Waals surface area contributed by atoms with Crippen LogP contribution in [0.25, 0.3) is 0 Å². The van der Waals surface area contributed by atoms with Gasteiger partial charge in [-0.1, -0.05) is 12.1 Å². The van der Waals surface area contributed by atoms with E-state index in [4.69, 9.17) is 5.26 Å². The lowest BCUT2D eigenvalue weighted by Crippen LogP contribution is -2.46. The van der Waals surface area contributed by atoms with Gasteiger partial charge in [0.15, 0.2) is 0 Å². The van der Waals surface area contributed by atoms with E-state index in [0.717, 1.165) is 51.3 Å². The minimum Gasteiger partial charge on any atom is -0.369 e. The van der Waals surface area contributed by atoms with E-state index in [2.05, 4.69) is 15.9 Å². The number of nitriles is 1. The molecule has 2 saturated heterocycles. The van der Waals surface area contributed by atoms with Crippen molar-refractivity contribution in [2.24, 2.45) is 0 Å². The number of amides is 1. The zero-order valence-electron chi connectivity index (χ0n) is 17.4. The van der Waals surface area contributed by atoms with Gasteiger partial charge in [-0.3, -0.25) is 19.8 Å². The highest BCUT2D eigenvalue weighted by molar-refractivity contribution is 5.99. The lowest BCUT2D eigenvalue weighted by Gasteiger charge is -2.36. The number of nitro benzene ring substituents is 1. The van der Waals surface area contributed by atoms with E-state index in [1.54, 1.807) is 17.0 Å². The Hall–Kier alpha value is -3.44. The first kappa shape index (κ1) is 20.8. The smallest absolute Gasteiger partial charge is 0.282 e. The molecule has 0 radical (unpaired) electrons. The summed E-state index contributed by atoms with van der Waals surface area (Å²) >= 11 is 0. The monoisotopic (exact) mass is 419 g/mol. The van der Waals surface area contributed by atoms with Crippen LogP contribution in [-0.4, -0.2) is 59.9 Å². The second-order valence-electron chi connectivity index (χ2n) is 8.03. The highest BCUT2D eigenvalue weighted by atomic mass is 16.6. The summed E-state index contributed by atoms with van der Waals surface area (Å²) in [6, 6.07) is 14.7. The average molecular weight is 419 g/mol. The number of nitro groups is 1. The summed E-state index contributed by atoms with van der Waals surface area (Å²) in [7, 11) is 0. The normalized spacial score (nSPS) is 16.9. The number of piperazine rings is 1. The van der Waals surface area contributed by atoms with Crippen LogP contribution in [0.5, 0.6) is 0 Å². The summed E-state index contributed by atoms with van der Waals surface area (Å²) in [5, 5.41) is 20.4. The molecule has 2 fully saturated rings. The van der Waals surface area contributed by atoms with Gasteiger partial charge in [-0.2, -0.15) is 5.26 Å². The number of carbonyl (C=O) groups excluding carboxylic acids is 1. The first-order valence-electron chi connectivity index (χ1n) is 10.6. The van der Waals surface area contributed by atoms with Crippen molar-refractivity contribution in [3.63, 3.8) is 0 Å². The largest absolute Gasteiger partial charge is 0.369 e. The third-order valence-corrected chi connectivity index (χ3v) is 6.03. The van der Waals surface area contributed by atoms with Crippen LogP contribution in [0.3, 0.4) is 0 Å². The van der Waals surface area contributed by atoms with Crippen LogP contribution >= 0.6 is 0 Å². The highest BCUT2D eigenvalue weighted by Gasteiger charge is 2.28. The maximum Gasteiger partial charge on any atom is 0.282 e. The summed E-state index contributed by atoms with van der Waals surface area (Å²) in [4.78, 5) is 30.1. The molecule has 2 aliphatic heterocycles. The van der Waals surface area contributed by atoms with Gasteiger partial charge < -0.3 is 9.80 Å². The van der Waals surface area contributed by atoms with E-state index in [9.17, 15) is 14.9 Å². The first-order chi connectivity index (χ1) is 15.0. The zero-order valence-corrected chi connectivity index (χ0v) is 17.4. The minimum absolute atomic E-state index is 0.125. The fourth-order valence-electron chi connectivity index (χ4n) is 4.25. The molecule has 0 bridgehead atoms. The van der Waals surface area contributed by atoms with Crippen molar-refractivity contribution >= 4 is 17.3 Å². The molecular formula is C23H25N5O3. The molecular weight excluding hydrogens is 394 g/mol. The van der Waals surface area contributed by atoms with Crippen LogP contribution in [0.2, 0.25) is 0 Å². The van der Waals surface area contributed by atoms with Crippen LogP contribution in [-0.2, 0) is 6.54 Å². The van der Waals surface area contributed by atoms with Crippen LogP contribution in [0.1, 0.15) is 34.3 Å². The first-order valence-corrected chi connectivity index (χ1v) is 10.6. The van der Waals surface area contributed by atoms with Gasteiger partial charge in [-0.25, -0.2) is 0 Å². The Labute approximate surface area is 181 Å². The van der Waals surface area contributed by atoms with E-state index >= 15 is 0 Å². The van der Waals surface area contributed by atoms with E-state index in [-0.39, 0.29) is 17.2 Å². The van der Waals surface area contributed by atoms with Gasteiger partial charge in [0.2, 0.25) is 0 Å². The van der Waals surface area contributed by atoms with Crippen molar-refractivity contribution in [1.82, 2.24) is 9.80 Å². The number of hydrogen-bond acceptors (Lipinski definition) is 6. The second-order valence-corrected chi connectivity index (χ2v) is 8.03. The van der Waals surface area contributed by atoms with Crippen molar-refractivity contribution in [1.29, 1.82) is 5.26 Å². The van der Waals surface area contributed by atoms with Gasteiger partial charge in [0.25, 0.3) is 11.6 Å². The lowest BCUT2D eigenvalue weighted by atomic mass is 10.1. The summed E-state index contributed by atoms with van der Waals surface area (Å²) in [5.74, 6) is -0.245. The second kappa shape index (κ2) is 9.14. The Balaban J connectivity index is 1.44. The maximum absolute atomic E-state index is 12.9. The number of benzene rings is 2. The Morgan fingerprint density at radius 1 is 1.00 bits per heavy atom. The predicted molar refractivity (Wildman–Crippen MR) is 117 cm³/mol. The molecule has 2 aromatic carbocycles.